The molecule has 72 valence electrons. The van der Waals surface area contributed by atoms with Crippen LogP contribution in [-0.4, -0.2) is 9.97 Å². The highest BCUT2D eigenvalue weighted by atomic mass is 127. The van der Waals surface area contributed by atoms with Crippen LogP contribution in [0.15, 0.2) is 22.8 Å². The van der Waals surface area contributed by atoms with E-state index in [0.717, 1.165) is 9.26 Å². The first-order chi connectivity index (χ1) is 6.68. The number of hydrogen-bond donors (Lipinski definition) is 0. The summed E-state index contributed by atoms with van der Waals surface area (Å²) in [6.45, 7) is 1.89. The topological polar surface area (TPSA) is 38.9 Å². The van der Waals surface area contributed by atoms with Crippen LogP contribution < -0.4 is 0 Å². The average molecular weight is 321 g/mol. The molecular weight excluding hydrogens is 314 g/mol. The van der Waals surface area contributed by atoms with Gasteiger partial charge in [0, 0.05) is 0 Å². The minimum atomic E-state index is 0.463. The second-order valence-corrected chi connectivity index (χ2v) is 4.15. The minimum Gasteiger partial charge on any atom is -0.461 e. The van der Waals surface area contributed by atoms with Crippen LogP contribution in [0.3, 0.4) is 0 Å². The van der Waals surface area contributed by atoms with Crippen LogP contribution in [0.2, 0.25) is 5.15 Å². The van der Waals surface area contributed by atoms with Crippen molar-refractivity contribution in [2.24, 2.45) is 0 Å². The molecule has 0 aliphatic heterocycles. The Morgan fingerprint density at radius 2 is 2.21 bits per heavy atom. The Bertz CT molecular complexity index is 433. The Balaban J connectivity index is 2.57. The number of hydrogen-bond acceptors (Lipinski definition) is 3. The Morgan fingerprint density at radius 3 is 2.79 bits per heavy atom. The van der Waals surface area contributed by atoms with E-state index in [1.54, 1.807) is 18.4 Å². The van der Waals surface area contributed by atoms with Crippen molar-refractivity contribution in [3.8, 4) is 11.6 Å². The third-order valence-corrected chi connectivity index (χ3v) is 3.60. The van der Waals surface area contributed by atoms with Crippen molar-refractivity contribution in [3.63, 3.8) is 0 Å². The Labute approximate surface area is 99.7 Å². The normalized spacial score (nSPS) is 10.5. The minimum absolute atomic E-state index is 0.463. The van der Waals surface area contributed by atoms with Crippen LogP contribution in [-0.2, 0) is 0 Å². The maximum atomic E-state index is 5.94. The van der Waals surface area contributed by atoms with Crippen LogP contribution >= 0.6 is 34.2 Å². The zero-order valence-corrected chi connectivity index (χ0v) is 10.2. The second-order valence-electron chi connectivity index (χ2n) is 2.71. The molecule has 0 saturated carbocycles. The molecule has 0 bridgehead atoms. The highest BCUT2D eigenvalue weighted by molar-refractivity contribution is 14.1. The number of nitrogens with zero attached hydrogens (tertiary/aromatic N) is 2. The molecule has 2 rings (SSSR count). The molecule has 14 heavy (non-hydrogen) atoms. The van der Waals surface area contributed by atoms with E-state index in [1.165, 1.54) is 0 Å². The van der Waals surface area contributed by atoms with E-state index in [2.05, 4.69) is 32.6 Å². The standard InChI is InChI=1S/C9H6ClIN2O/c1-5-7(11)8(10)13-9(12-5)6-3-2-4-14-6/h2-4H,1H3. The lowest BCUT2D eigenvalue weighted by atomic mass is 10.4. The Morgan fingerprint density at radius 1 is 1.43 bits per heavy atom. The molecule has 5 heteroatoms. The number of rotatable bonds is 1. The molecule has 0 saturated heterocycles. The molecule has 0 spiro atoms. The fraction of sp³-hybridized carbons (Fsp3) is 0.111. The SMILES string of the molecule is Cc1nc(-c2ccco2)nc(Cl)c1I. The molecule has 0 amide bonds. The molecule has 0 unspecified atom stereocenters. The number of furan rings is 1. The zero-order chi connectivity index (χ0) is 10.1. The highest BCUT2D eigenvalue weighted by Gasteiger charge is 2.10. The van der Waals surface area contributed by atoms with Gasteiger partial charge in [-0.25, -0.2) is 9.97 Å². The van der Waals surface area contributed by atoms with Gasteiger partial charge < -0.3 is 4.42 Å². The maximum Gasteiger partial charge on any atom is 0.197 e. The summed E-state index contributed by atoms with van der Waals surface area (Å²) >= 11 is 8.05. The molecule has 0 aromatic carbocycles. The van der Waals surface area contributed by atoms with Crippen LogP contribution in [0.1, 0.15) is 5.69 Å². The molecule has 2 heterocycles. The summed E-state index contributed by atoms with van der Waals surface area (Å²) in [6, 6.07) is 3.60. The van der Waals surface area contributed by atoms with Gasteiger partial charge in [-0.05, 0) is 41.6 Å². The van der Waals surface area contributed by atoms with Crippen LogP contribution in [0.25, 0.3) is 11.6 Å². The molecular formula is C9H6ClIN2O. The van der Waals surface area contributed by atoms with Crippen LogP contribution in [0.5, 0.6) is 0 Å². The largest absolute Gasteiger partial charge is 0.461 e. The van der Waals surface area contributed by atoms with Crippen molar-refractivity contribution >= 4 is 34.2 Å². The van der Waals surface area contributed by atoms with Crippen molar-refractivity contribution in [1.82, 2.24) is 9.97 Å². The first-order valence-corrected chi connectivity index (χ1v) is 5.37. The monoisotopic (exact) mass is 320 g/mol. The molecule has 0 fully saturated rings. The summed E-state index contributed by atoms with van der Waals surface area (Å²) in [5.41, 5.74) is 0.858. The summed E-state index contributed by atoms with van der Waals surface area (Å²) in [6.07, 6.45) is 1.58. The van der Waals surface area contributed by atoms with E-state index in [9.17, 15) is 0 Å². The van der Waals surface area contributed by atoms with Gasteiger partial charge in [-0.3, -0.25) is 0 Å². The first-order valence-electron chi connectivity index (χ1n) is 3.92. The number of aryl methyl sites for hydroxylation is 1. The van der Waals surface area contributed by atoms with Gasteiger partial charge in [-0.2, -0.15) is 0 Å². The third-order valence-electron chi connectivity index (χ3n) is 1.72. The van der Waals surface area contributed by atoms with Gasteiger partial charge in [-0.1, -0.05) is 11.6 Å². The molecule has 3 nitrogen and oxygen atoms in total. The Hall–Kier alpha value is -0.620. The summed E-state index contributed by atoms with van der Waals surface area (Å²) in [5.74, 6) is 1.16. The maximum absolute atomic E-state index is 5.94. The number of halogens is 2. The lowest BCUT2D eigenvalue weighted by Crippen LogP contribution is -1.95. The molecule has 0 atom stereocenters. The fourth-order valence-corrected chi connectivity index (χ4v) is 1.50. The predicted octanol–water partition coefficient (Wildman–Crippen LogP) is 3.30. The van der Waals surface area contributed by atoms with Gasteiger partial charge in [0.05, 0.1) is 15.5 Å². The molecule has 0 radical (unpaired) electrons. The van der Waals surface area contributed by atoms with Gasteiger partial charge in [0.25, 0.3) is 0 Å². The van der Waals surface area contributed by atoms with E-state index in [1.807, 2.05) is 6.92 Å². The van der Waals surface area contributed by atoms with E-state index < -0.39 is 0 Å². The van der Waals surface area contributed by atoms with E-state index in [0.29, 0.717) is 16.7 Å². The second kappa shape index (κ2) is 3.86. The van der Waals surface area contributed by atoms with E-state index >= 15 is 0 Å². The van der Waals surface area contributed by atoms with Gasteiger partial charge in [-0.15, -0.1) is 0 Å². The van der Waals surface area contributed by atoms with E-state index in [4.69, 9.17) is 16.0 Å². The lowest BCUT2D eigenvalue weighted by Gasteiger charge is -2.01. The fourth-order valence-electron chi connectivity index (χ4n) is 1.04. The summed E-state index contributed by atoms with van der Waals surface area (Å²) in [7, 11) is 0. The van der Waals surface area contributed by atoms with Crippen molar-refractivity contribution in [3.05, 3.63) is 32.8 Å². The summed E-state index contributed by atoms with van der Waals surface area (Å²) in [4.78, 5) is 8.41. The quantitative estimate of drug-likeness (QED) is 0.598. The van der Waals surface area contributed by atoms with Gasteiger partial charge in [0.2, 0.25) is 0 Å². The van der Waals surface area contributed by atoms with Gasteiger partial charge in [0.15, 0.2) is 11.6 Å². The van der Waals surface area contributed by atoms with Crippen molar-refractivity contribution < 1.29 is 4.42 Å². The van der Waals surface area contributed by atoms with E-state index in [-0.39, 0.29) is 0 Å². The lowest BCUT2D eigenvalue weighted by molar-refractivity contribution is 0.577. The number of aromatic nitrogens is 2. The van der Waals surface area contributed by atoms with Crippen molar-refractivity contribution in [2.45, 2.75) is 6.92 Å². The molecule has 2 aromatic heterocycles. The molecule has 0 aliphatic carbocycles. The molecule has 0 aliphatic rings. The summed E-state index contributed by atoms with van der Waals surface area (Å²) in [5, 5.41) is 0.463. The summed E-state index contributed by atoms with van der Waals surface area (Å²) < 4.78 is 6.06. The van der Waals surface area contributed by atoms with Gasteiger partial charge in [0.1, 0.15) is 5.15 Å². The average Bonchev–Trinajstić information content (AvgIpc) is 2.66. The predicted molar refractivity (Wildman–Crippen MR) is 62.2 cm³/mol. The van der Waals surface area contributed by atoms with Crippen LogP contribution in [0.4, 0.5) is 0 Å². The smallest absolute Gasteiger partial charge is 0.197 e. The highest BCUT2D eigenvalue weighted by Crippen LogP contribution is 2.23. The van der Waals surface area contributed by atoms with Crippen LogP contribution in [0, 0.1) is 10.5 Å². The molecule has 2 aromatic rings. The first kappa shape index (κ1) is 9.92. The Kier molecular flexibility index (Phi) is 2.73. The molecule has 0 N–H and O–H groups in total. The van der Waals surface area contributed by atoms with Gasteiger partial charge >= 0.3 is 0 Å². The van der Waals surface area contributed by atoms with Crippen molar-refractivity contribution in [1.29, 1.82) is 0 Å². The van der Waals surface area contributed by atoms with Crippen molar-refractivity contribution in [2.75, 3.05) is 0 Å². The third kappa shape index (κ3) is 1.76. The zero-order valence-electron chi connectivity index (χ0n) is 7.29.